The zero-order valence-corrected chi connectivity index (χ0v) is 12.3. The lowest BCUT2D eigenvalue weighted by molar-refractivity contribution is 0.862. The standard InChI is InChI=1S/C16H23N3/c1-6-8-18-16(17-7-2)19-11-15-13(4)9-12(3)10-14(15)5/h1,9-10H,7-8,11H2,2-5H3,(H2,17,18,19). The second-order valence-corrected chi connectivity index (χ2v) is 4.63. The smallest absolute Gasteiger partial charge is 0.192 e. The van der Waals surface area contributed by atoms with E-state index in [1.54, 1.807) is 0 Å². The van der Waals surface area contributed by atoms with E-state index in [-0.39, 0.29) is 0 Å². The third-order valence-corrected chi connectivity index (χ3v) is 2.94. The van der Waals surface area contributed by atoms with Gasteiger partial charge in [0.1, 0.15) is 0 Å². The number of benzene rings is 1. The van der Waals surface area contributed by atoms with Crippen molar-refractivity contribution >= 4 is 5.96 Å². The summed E-state index contributed by atoms with van der Waals surface area (Å²) in [6, 6.07) is 4.39. The first-order chi connectivity index (χ1) is 9.08. The summed E-state index contributed by atoms with van der Waals surface area (Å²) in [4.78, 5) is 4.57. The average molecular weight is 257 g/mol. The van der Waals surface area contributed by atoms with Crippen LogP contribution in [0, 0.1) is 33.1 Å². The molecule has 0 heterocycles. The van der Waals surface area contributed by atoms with Crippen molar-refractivity contribution in [1.29, 1.82) is 0 Å². The minimum atomic E-state index is 0.484. The maximum atomic E-state index is 5.25. The molecule has 0 aliphatic carbocycles. The lowest BCUT2D eigenvalue weighted by Crippen LogP contribution is -2.37. The number of hydrogen-bond donors (Lipinski definition) is 2. The van der Waals surface area contributed by atoms with Gasteiger partial charge in [0, 0.05) is 6.54 Å². The van der Waals surface area contributed by atoms with E-state index in [2.05, 4.69) is 54.5 Å². The quantitative estimate of drug-likeness (QED) is 0.493. The van der Waals surface area contributed by atoms with Gasteiger partial charge >= 0.3 is 0 Å². The molecule has 19 heavy (non-hydrogen) atoms. The van der Waals surface area contributed by atoms with Gasteiger partial charge in [-0.2, -0.15) is 0 Å². The molecule has 102 valence electrons. The van der Waals surface area contributed by atoms with Gasteiger partial charge in [-0.05, 0) is 44.4 Å². The Balaban J connectivity index is 2.85. The van der Waals surface area contributed by atoms with Crippen molar-refractivity contribution in [3.8, 4) is 12.3 Å². The molecule has 0 aliphatic heterocycles. The number of aliphatic imine (C=N–C) groups is 1. The molecule has 0 aliphatic rings. The van der Waals surface area contributed by atoms with E-state index in [9.17, 15) is 0 Å². The van der Waals surface area contributed by atoms with E-state index >= 15 is 0 Å². The highest BCUT2D eigenvalue weighted by Crippen LogP contribution is 2.17. The van der Waals surface area contributed by atoms with Gasteiger partial charge in [-0.15, -0.1) is 6.42 Å². The first-order valence-corrected chi connectivity index (χ1v) is 6.60. The molecule has 3 nitrogen and oxygen atoms in total. The third kappa shape index (κ3) is 4.67. The summed E-state index contributed by atoms with van der Waals surface area (Å²) in [5.74, 6) is 3.32. The van der Waals surface area contributed by atoms with Crippen LogP contribution in [-0.2, 0) is 6.54 Å². The van der Waals surface area contributed by atoms with E-state index in [1.807, 2.05) is 6.92 Å². The predicted octanol–water partition coefficient (Wildman–Crippen LogP) is 2.30. The fourth-order valence-corrected chi connectivity index (χ4v) is 2.09. The lowest BCUT2D eigenvalue weighted by atomic mass is 10.00. The molecule has 1 aromatic carbocycles. The van der Waals surface area contributed by atoms with E-state index < -0.39 is 0 Å². The number of aryl methyl sites for hydroxylation is 3. The zero-order valence-electron chi connectivity index (χ0n) is 12.3. The Bertz CT molecular complexity index is 472. The highest BCUT2D eigenvalue weighted by molar-refractivity contribution is 5.80. The summed E-state index contributed by atoms with van der Waals surface area (Å²) in [7, 11) is 0. The Morgan fingerprint density at radius 1 is 1.21 bits per heavy atom. The molecule has 0 unspecified atom stereocenters. The molecule has 0 saturated heterocycles. The van der Waals surface area contributed by atoms with Gasteiger partial charge in [0.05, 0.1) is 13.1 Å². The molecule has 0 amide bonds. The monoisotopic (exact) mass is 257 g/mol. The summed E-state index contributed by atoms with van der Waals surface area (Å²) >= 11 is 0. The van der Waals surface area contributed by atoms with Crippen LogP contribution in [0.4, 0.5) is 0 Å². The van der Waals surface area contributed by atoms with Crippen molar-refractivity contribution in [2.75, 3.05) is 13.1 Å². The van der Waals surface area contributed by atoms with Gasteiger partial charge in [-0.3, -0.25) is 0 Å². The van der Waals surface area contributed by atoms with Gasteiger partial charge in [0.15, 0.2) is 5.96 Å². The Hall–Kier alpha value is -1.95. The number of nitrogens with one attached hydrogen (secondary N) is 2. The molecular formula is C16H23N3. The van der Waals surface area contributed by atoms with Gasteiger partial charge in [0.25, 0.3) is 0 Å². The van der Waals surface area contributed by atoms with Crippen molar-refractivity contribution in [3.63, 3.8) is 0 Å². The number of rotatable bonds is 4. The van der Waals surface area contributed by atoms with Crippen LogP contribution in [0.25, 0.3) is 0 Å². The van der Waals surface area contributed by atoms with Crippen LogP contribution in [0.15, 0.2) is 17.1 Å². The normalized spacial score (nSPS) is 11.0. The fourth-order valence-electron chi connectivity index (χ4n) is 2.09. The minimum absolute atomic E-state index is 0.484. The average Bonchev–Trinajstić information content (AvgIpc) is 2.34. The van der Waals surface area contributed by atoms with Crippen molar-refractivity contribution < 1.29 is 0 Å². The Morgan fingerprint density at radius 3 is 2.37 bits per heavy atom. The second kappa shape index (κ2) is 7.48. The Labute approximate surface area is 116 Å². The predicted molar refractivity (Wildman–Crippen MR) is 82.3 cm³/mol. The molecule has 0 fully saturated rings. The maximum Gasteiger partial charge on any atom is 0.192 e. The second-order valence-electron chi connectivity index (χ2n) is 4.63. The van der Waals surface area contributed by atoms with Crippen LogP contribution in [-0.4, -0.2) is 19.0 Å². The van der Waals surface area contributed by atoms with Crippen molar-refractivity contribution in [3.05, 3.63) is 34.4 Å². The summed E-state index contributed by atoms with van der Waals surface area (Å²) in [6.45, 7) is 10.4. The van der Waals surface area contributed by atoms with Gasteiger partial charge in [0.2, 0.25) is 0 Å². The summed E-state index contributed by atoms with van der Waals surface area (Å²) < 4.78 is 0. The lowest BCUT2D eigenvalue weighted by Gasteiger charge is -2.12. The van der Waals surface area contributed by atoms with Crippen molar-refractivity contribution in [2.45, 2.75) is 34.2 Å². The largest absolute Gasteiger partial charge is 0.357 e. The third-order valence-electron chi connectivity index (χ3n) is 2.94. The van der Waals surface area contributed by atoms with Gasteiger partial charge < -0.3 is 10.6 Å². The number of hydrogen-bond acceptors (Lipinski definition) is 1. The molecule has 0 spiro atoms. The molecule has 2 N–H and O–H groups in total. The van der Waals surface area contributed by atoms with Gasteiger partial charge in [-0.1, -0.05) is 23.6 Å². The molecule has 0 atom stereocenters. The van der Waals surface area contributed by atoms with E-state index in [1.165, 1.54) is 22.3 Å². The molecule has 0 bridgehead atoms. The SMILES string of the molecule is C#CCNC(=NCc1c(C)cc(C)cc1C)NCC. The molecular weight excluding hydrogens is 234 g/mol. The van der Waals surface area contributed by atoms with Crippen molar-refractivity contribution in [1.82, 2.24) is 10.6 Å². The maximum absolute atomic E-state index is 5.25. The summed E-state index contributed by atoms with van der Waals surface area (Å²) in [5, 5.41) is 6.27. The van der Waals surface area contributed by atoms with Crippen LogP contribution < -0.4 is 10.6 Å². The van der Waals surface area contributed by atoms with Crippen LogP contribution in [0.5, 0.6) is 0 Å². The Kier molecular flexibility index (Phi) is 5.95. The van der Waals surface area contributed by atoms with Crippen molar-refractivity contribution in [2.24, 2.45) is 4.99 Å². The van der Waals surface area contributed by atoms with Crippen LogP contribution in [0.3, 0.4) is 0 Å². The number of nitrogens with zero attached hydrogens (tertiary/aromatic N) is 1. The Morgan fingerprint density at radius 2 is 1.84 bits per heavy atom. The molecule has 1 rings (SSSR count). The summed E-state index contributed by atoms with van der Waals surface area (Å²) in [5.41, 5.74) is 5.15. The van der Waals surface area contributed by atoms with Crippen LogP contribution in [0.2, 0.25) is 0 Å². The highest BCUT2D eigenvalue weighted by atomic mass is 15.2. The molecule has 0 saturated carbocycles. The molecule has 3 heteroatoms. The van der Waals surface area contributed by atoms with Crippen LogP contribution in [0.1, 0.15) is 29.2 Å². The topological polar surface area (TPSA) is 36.4 Å². The first-order valence-electron chi connectivity index (χ1n) is 6.60. The zero-order chi connectivity index (χ0) is 14.3. The minimum Gasteiger partial charge on any atom is -0.357 e. The molecule has 1 aromatic rings. The molecule has 0 aromatic heterocycles. The van der Waals surface area contributed by atoms with Gasteiger partial charge in [-0.25, -0.2) is 4.99 Å². The number of guanidine groups is 1. The fraction of sp³-hybridized carbons (Fsp3) is 0.438. The van der Waals surface area contributed by atoms with Crippen LogP contribution >= 0.6 is 0 Å². The van der Waals surface area contributed by atoms with E-state index in [4.69, 9.17) is 6.42 Å². The van der Waals surface area contributed by atoms with E-state index in [0.29, 0.717) is 13.1 Å². The number of terminal acetylenes is 1. The first kappa shape index (κ1) is 15.1. The summed E-state index contributed by atoms with van der Waals surface area (Å²) in [6.07, 6.45) is 5.25. The van der Waals surface area contributed by atoms with E-state index in [0.717, 1.165) is 12.5 Å². The highest BCUT2D eigenvalue weighted by Gasteiger charge is 2.04. The molecule has 0 radical (unpaired) electrons.